The van der Waals surface area contributed by atoms with Gasteiger partial charge in [-0.3, -0.25) is 9.59 Å². The van der Waals surface area contributed by atoms with Crippen molar-refractivity contribution in [3.8, 4) is 11.8 Å². The Morgan fingerprint density at radius 3 is 2.59 bits per heavy atom. The van der Waals surface area contributed by atoms with E-state index in [1.807, 2.05) is 46.2 Å². The first kappa shape index (κ1) is 30.4. The molecule has 0 saturated heterocycles. The molecule has 0 aliphatic heterocycles. The molecule has 4 aromatic rings. The molecular weight excluding hydrogens is 581 g/mol. The van der Waals surface area contributed by atoms with Gasteiger partial charge in [-0.15, -0.1) is 11.3 Å². The van der Waals surface area contributed by atoms with Gasteiger partial charge in [-0.05, 0) is 43.2 Å². The van der Waals surface area contributed by atoms with E-state index < -0.39 is 11.3 Å². The highest BCUT2D eigenvalue weighted by Crippen LogP contribution is 2.34. The van der Waals surface area contributed by atoms with Crippen LogP contribution in [0.1, 0.15) is 65.4 Å². The summed E-state index contributed by atoms with van der Waals surface area (Å²) in [5.41, 5.74) is 3.01. The summed E-state index contributed by atoms with van der Waals surface area (Å²) < 4.78 is 7.75. The second-order valence-corrected chi connectivity index (χ2v) is 12.7. The Balaban J connectivity index is 1.68. The van der Waals surface area contributed by atoms with E-state index >= 15 is 0 Å². The van der Waals surface area contributed by atoms with E-state index in [1.165, 1.54) is 11.3 Å². The largest absolute Gasteiger partial charge is 0.493 e. The van der Waals surface area contributed by atoms with E-state index in [4.69, 9.17) is 32.9 Å². The number of rotatable bonds is 8. The molecule has 2 aromatic carbocycles. The number of nitrogens with one attached hydrogen (secondary N) is 2. The Labute approximate surface area is 253 Å². The number of aryl methyl sites for hydroxylation is 2. The quantitative estimate of drug-likeness (QED) is 0.222. The maximum absolute atomic E-state index is 13.3. The highest BCUT2D eigenvalue weighted by atomic mass is 35.5. The van der Waals surface area contributed by atoms with Crippen LogP contribution in [0.2, 0.25) is 10.0 Å². The minimum atomic E-state index is -0.522. The molecule has 0 saturated carbocycles. The topological polar surface area (TPSA) is 109 Å². The van der Waals surface area contributed by atoms with Crippen molar-refractivity contribution in [2.75, 3.05) is 11.9 Å². The smallest absolute Gasteiger partial charge is 0.260 e. The highest BCUT2D eigenvalue weighted by Gasteiger charge is 2.23. The lowest BCUT2D eigenvalue weighted by atomic mass is 9.95. The molecule has 2 N–H and O–H groups in total. The molecule has 0 fully saturated rings. The minimum Gasteiger partial charge on any atom is -0.493 e. The van der Waals surface area contributed by atoms with Crippen molar-refractivity contribution in [2.24, 2.45) is 12.5 Å². The first-order valence-corrected chi connectivity index (χ1v) is 14.6. The third-order valence-electron chi connectivity index (χ3n) is 6.54. The number of aromatic nitrogens is 2. The molecule has 0 spiro atoms. The standard InChI is InChI=1S/C30H31Cl2N5O3S/c1-7-40-24-13-23-22(11-20(24)27(38)36-28-18(14-33)10-16(2)41-28)35-25(37(23)6)12-19-21(31)9-8-17(26(19)32)15-34-29(39)30(3,4)5/h8-11,13H,7,12,15H2,1-6H3,(H,34,39)(H,36,38). The maximum atomic E-state index is 13.3. The van der Waals surface area contributed by atoms with E-state index in [-0.39, 0.29) is 12.5 Å². The number of anilines is 1. The number of imidazole rings is 1. The summed E-state index contributed by atoms with van der Waals surface area (Å²) in [6, 6.07) is 10.9. The lowest BCUT2D eigenvalue weighted by Gasteiger charge is -2.18. The van der Waals surface area contributed by atoms with Gasteiger partial charge in [0, 0.05) is 41.4 Å². The zero-order valence-corrected chi connectivity index (χ0v) is 26.1. The molecule has 41 heavy (non-hydrogen) atoms. The van der Waals surface area contributed by atoms with Gasteiger partial charge in [0.05, 0.1) is 33.8 Å². The number of amides is 2. The fourth-order valence-electron chi connectivity index (χ4n) is 4.28. The average molecular weight is 613 g/mol. The molecule has 2 amide bonds. The van der Waals surface area contributed by atoms with Crippen molar-refractivity contribution in [3.63, 3.8) is 0 Å². The number of ether oxygens (including phenoxy) is 1. The Kier molecular flexibility index (Phi) is 8.97. The zero-order valence-electron chi connectivity index (χ0n) is 23.7. The summed E-state index contributed by atoms with van der Waals surface area (Å²) in [6.07, 6.45) is 0.329. The molecule has 214 valence electrons. The van der Waals surface area contributed by atoms with Gasteiger partial charge in [-0.1, -0.05) is 50.0 Å². The van der Waals surface area contributed by atoms with Crippen LogP contribution < -0.4 is 15.4 Å². The van der Waals surface area contributed by atoms with Gasteiger partial charge < -0.3 is 19.9 Å². The van der Waals surface area contributed by atoms with E-state index in [1.54, 1.807) is 30.3 Å². The summed E-state index contributed by atoms with van der Waals surface area (Å²) in [5, 5.41) is 16.6. The number of thiophene rings is 1. The molecule has 11 heteroatoms. The number of hydrogen-bond acceptors (Lipinski definition) is 6. The van der Waals surface area contributed by atoms with Crippen molar-refractivity contribution >= 4 is 62.4 Å². The number of nitrogens with zero attached hydrogens (tertiary/aromatic N) is 3. The van der Waals surface area contributed by atoms with Gasteiger partial charge in [0.15, 0.2) is 0 Å². The molecule has 0 aliphatic rings. The van der Waals surface area contributed by atoms with Gasteiger partial charge in [-0.2, -0.15) is 5.26 Å². The summed E-state index contributed by atoms with van der Waals surface area (Å²) in [4.78, 5) is 31.4. The molecule has 0 unspecified atom stereocenters. The van der Waals surface area contributed by atoms with Crippen LogP contribution in [0.25, 0.3) is 11.0 Å². The SMILES string of the molecule is CCOc1cc2c(cc1C(=O)Nc1sc(C)cc1C#N)nc(Cc1c(Cl)ccc(CNC(=O)C(C)(C)C)c1Cl)n2C. The first-order chi connectivity index (χ1) is 19.3. The predicted molar refractivity (Wildman–Crippen MR) is 164 cm³/mol. The predicted octanol–water partition coefficient (Wildman–Crippen LogP) is 7.03. The van der Waals surface area contributed by atoms with Crippen LogP contribution in [0, 0.1) is 23.7 Å². The van der Waals surface area contributed by atoms with Crippen LogP contribution in [-0.2, 0) is 24.8 Å². The van der Waals surface area contributed by atoms with Crippen LogP contribution in [-0.4, -0.2) is 28.0 Å². The van der Waals surface area contributed by atoms with Gasteiger partial charge in [0.1, 0.15) is 22.6 Å². The van der Waals surface area contributed by atoms with Crippen molar-refractivity contribution in [1.82, 2.24) is 14.9 Å². The summed E-state index contributed by atoms with van der Waals surface area (Å²) in [7, 11) is 1.88. The van der Waals surface area contributed by atoms with Crippen molar-refractivity contribution in [3.05, 3.63) is 73.3 Å². The second-order valence-electron chi connectivity index (χ2n) is 10.6. The molecule has 0 radical (unpaired) electrons. The van der Waals surface area contributed by atoms with Crippen molar-refractivity contribution in [2.45, 2.75) is 47.6 Å². The van der Waals surface area contributed by atoms with Crippen LogP contribution >= 0.6 is 34.5 Å². The number of fused-ring (bicyclic) bond motifs is 1. The lowest BCUT2D eigenvalue weighted by molar-refractivity contribution is -0.128. The van der Waals surface area contributed by atoms with Crippen LogP contribution in [0.3, 0.4) is 0 Å². The van der Waals surface area contributed by atoms with E-state index in [2.05, 4.69) is 16.7 Å². The van der Waals surface area contributed by atoms with Crippen molar-refractivity contribution < 1.29 is 14.3 Å². The highest BCUT2D eigenvalue weighted by molar-refractivity contribution is 7.16. The number of nitriles is 1. The normalized spacial score (nSPS) is 11.4. The molecular formula is C30H31Cl2N5O3S. The molecule has 2 heterocycles. The van der Waals surface area contributed by atoms with Crippen LogP contribution in [0.4, 0.5) is 5.00 Å². The zero-order chi connectivity index (χ0) is 30.1. The Hall–Kier alpha value is -3.58. The lowest BCUT2D eigenvalue weighted by Crippen LogP contribution is -2.34. The molecule has 4 rings (SSSR count). The van der Waals surface area contributed by atoms with E-state index in [0.717, 1.165) is 16.0 Å². The van der Waals surface area contributed by atoms with Crippen LogP contribution in [0.15, 0.2) is 30.3 Å². The van der Waals surface area contributed by atoms with Gasteiger partial charge in [0.25, 0.3) is 5.91 Å². The summed E-state index contributed by atoms with van der Waals surface area (Å²) in [5.74, 6) is 0.618. The summed E-state index contributed by atoms with van der Waals surface area (Å²) in [6.45, 7) is 9.91. The number of benzene rings is 2. The monoisotopic (exact) mass is 611 g/mol. The number of hydrogen-bond donors (Lipinski definition) is 2. The third-order valence-corrected chi connectivity index (χ3v) is 8.33. The maximum Gasteiger partial charge on any atom is 0.260 e. The fourth-order valence-corrected chi connectivity index (χ4v) is 5.71. The van der Waals surface area contributed by atoms with Crippen LogP contribution in [0.5, 0.6) is 5.75 Å². The first-order valence-electron chi connectivity index (χ1n) is 13.0. The van der Waals surface area contributed by atoms with Gasteiger partial charge >= 0.3 is 0 Å². The summed E-state index contributed by atoms with van der Waals surface area (Å²) >= 11 is 14.7. The Bertz CT molecular complexity index is 1700. The Morgan fingerprint density at radius 1 is 1.20 bits per heavy atom. The molecule has 0 bridgehead atoms. The minimum absolute atomic E-state index is 0.0802. The third kappa shape index (κ3) is 6.51. The molecule has 2 aromatic heterocycles. The van der Waals surface area contributed by atoms with Crippen molar-refractivity contribution in [1.29, 1.82) is 5.26 Å². The number of carbonyl (C=O) groups excluding carboxylic acids is 2. The number of carbonyl (C=O) groups is 2. The Morgan fingerprint density at radius 2 is 1.93 bits per heavy atom. The second kappa shape index (κ2) is 12.1. The molecule has 0 atom stereocenters. The molecule has 0 aliphatic carbocycles. The van der Waals surface area contributed by atoms with E-state index in [9.17, 15) is 14.9 Å². The van der Waals surface area contributed by atoms with E-state index in [0.29, 0.717) is 61.9 Å². The van der Waals surface area contributed by atoms with Gasteiger partial charge in [-0.25, -0.2) is 4.98 Å². The number of halogens is 2. The fraction of sp³-hybridized carbons (Fsp3) is 0.333. The molecule has 8 nitrogen and oxygen atoms in total. The average Bonchev–Trinajstić information content (AvgIpc) is 3.42. The van der Waals surface area contributed by atoms with Gasteiger partial charge in [0.2, 0.25) is 5.91 Å².